The van der Waals surface area contributed by atoms with Gasteiger partial charge in [-0.05, 0) is 23.1 Å². The maximum atomic E-state index is 9.66. The van der Waals surface area contributed by atoms with Crippen LogP contribution < -0.4 is 17.2 Å². The van der Waals surface area contributed by atoms with E-state index in [1.54, 1.807) is 0 Å². The minimum absolute atomic E-state index is 0.0698. The number of aliphatic hydroxyl groups is 1. The third kappa shape index (κ3) is 7.50. The highest BCUT2D eigenvalue weighted by Gasteiger charge is 2.13. The molecule has 0 aliphatic carbocycles. The molecule has 0 bridgehead atoms. The van der Waals surface area contributed by atoms with E-state index in [9.17, 15) is 5.11 Å². The fourth-order valence-corrected chi connectivity index (χ4v) is 2.86. The van der Waals surface area contributed by atoms with Crippen molar-refractivity contribution in [1.82, 2.24) is 0 Å². The predicted octanol–water partition coefficient (Wildman–Crippen LogP) is 3.88. The minimum atomic E-state index is -0.531. The Labute approximate surface area is 189 Å². The van der Waals surface area contributed by atoms with E-state index < -0.39 is 6.10 Å². The molecule has 6 nitrogen and oxygen atoms in total. The van der Waals surface area contributed by atoms with E-state index in [-0.39, 0.29) is 17.7 Å². The van der Waals surface area contributed by atoms with Crippen molar-refractivity contribution in [2.75, 3.05) is 0 Å². The van der Waals surface area contributed by atoms with E-state index in [1.165, 1.54) is 0 Å². The van der Waals surface area contributed by atoms with Crippen molar-refractivity contribution in [2.24, 2.45) is 17.2 Å². The van der Waals surface area contributed by atoms with Crippen molar-refractivity contribution in [2.45, 2.75) is 25.5 Å². The van der Waals surface area contributed by atoms with Crippen LogP contribution in [0.2, 0.25) is 0 Å². The Morgan fingerprint density at radius 3 is 1.53 bits per heavy atom. The van der Waals surface area contributed by atoms with E-state index in [1.807, 2.05) is 97.9 Å². The Hall–Kier alpha value is -3.74. The first-order chi connectivity index (χ1) is 15.3. The zero-order valence-electron chi connectivity index (χ0n) is 18.2. The second-order valence-corrected chi connectivity index (χ2v) is 7.33. The van der Waals surface area contributed by atoms with Crippen molar-refractivity contribution < 1.29 is 5.11 Å². The molecule has 6 heteroatoms. The van der Waals surface area contributed by atoms with Crippen LogP contribution in [0.5, 0.6) is 0 Å². The molecule has 3 aromatic rings. The molecule has 3 rings (SSSR count). The Kier molecular flexibility index (Phi) is 9.35. The number of aliphatic hydroxyl groups excluding tert-OH is 1. The molecule has 3 aromatic carbocycles. The van der Waals surface area contributed by atoms with Gasteiger partial charge >= 0.3 is 0 Å². The van der Waals surface area contributed by atoms with E-state index in [0.29, 0.717) is 11.1 Å². The first-order valence-corrected chi connectivity index (χ1v) is 10.4. The molecule has 0 aromatic heterocycles. The summed E-state index contributed by atoms with van der Waals surface area (Å²) in [4.78, 5) is 0. The molecule has 0 aliphatic heterocycles. The van der Waals surface area contributed by atoms with Crippen molar-refractivity contribution >= 4 is 23.8 Å². The Bertz CT molecular complexity index is 969. The van der Waals surface area contributed by atoms with Crippen LogP contribution in [0.25, 0.3) is 12.2 Å². The number of hydrogen-bond acceptors (Lipinski definition) is 4. The smallest absolute Gasteiger partial charge is 0.122 e. The molecular weight excluding hydrogens is 398 g/mol. The van der Waals surface area contributed by atoms with Crippen molar-refractivity contribution in [3.63, 3.8) is 0 Å². The van der Waals surface area contributed by atoms with Gasteiger partial charge in [0.25, 0.3) is 0 Å². The third-order valence-corrected chi connectivity index (χ3v) is 4.93. The summed E-state index contributed by atoms with van der Waals surface area (Å²) < 4.78 is 0. The van der Waals surface area contributed by atoms with E-state index in [0.717, 1.165) is 23.1 Å². The third-order valence-electron chi connectivity index (χ3n) is 4.93. The summed E-state index contributed by atoms with van der Waals surface area (Å²) in [5.41, 5.74) is 20.9. The largest absolute Gasteiger partial charge is 0.387 e. The molecule has 0 amide bonds. The summed E-state index contributed by atoms with van der Waals surface area (Å²) in [5, 5.41) is 24.3. The van der Waals surface area contributed by atoms with Gasteiger partial charge in [-0.25, -0.2) is 0 Å². The summed E-state index contributed by atoms with van der Waals surface area (Å²) in [6, 6.07) is 24.3. The van der Waals surface area contributed by atoms with Crippen LogP contribution in [0.4, 0.5) is 0 Å². The van der Waals surface area contributed by atoms with Gasteiger partial charge in [0.05, 0.1) is 6.10 Å². The summed E-state index contributed by atoms with van der Waals surface area (Å²) >= 11 is 0. The maximum Gasteiger partial charge on any atom is 0.122 e. The number of benzene rings is 3. The number of rotatable bonds is 7. The topological polar surface area (TPSA) is 146 Å². The highest BCUT2D eigenvalue weighted by Crippen LogP contribution is 2.16. The van der Waals surface area contributed by atoms with Gasteiger partial charge in [-0.2, -0.15) is 0 Å². The first-order valence-electron chi connectivity index (χ1n) is 10.4. The van der Waals surface area contributed by atoms with Gasteiger partial charge in [-0.1, -0.05) is 97.9 Å². The van der Waals surface area contributed by atoms with Crippen LogP contribution in [-0.2, 0) is 0 Å². The SMILES string of the molecule is CCC(N)C(O)c1ccccc1.N=C(N)c1ccc(C=Cc2ccc(C(=N)N)cc2)cc1. The van der Waals surface area contributed by atoms with Crippen LogP contribution in [0, 0.1) is 10.8 Å². The molecule has 0 aliphatic rings. The van der Waals surface area contributed by atoms with Gasteiger partial charge in [0.15, 0.2) is 0 Å². The maximum absolute atomic E-state index is 9.66. The van der Waals surface area contributed by atoms with E-state index in [4.69, 9.17) is 28.0 Å². The fraction of sp³-hybridized carbons (Fsp3) is 0.154. The Morgan fingerprint density at radius 1 is 0.781 bits per heavy atom. The van der Waals surface area contributed by atoms with Gasteiger partial charge in [-0.3, -0.25) is 10.8 Å². The molecule has 0 fully saturated rings. The van der Waals surface area contributed by atoms with Crippen LogP contribution in [0.15, 0.2) is 78.9 Å². The Morgan fingerprint density at radius 2 is 1.19 bits per heavy atom. The molecule has 2 unspecified atom stereocenters. The monoisotopic (exact) mass is 429 g/mol. The summed E-state index contributed by atoms with van der Waals surface area (Å²) in [6.45, 7) is 1.97. The lowest BCUT2D eigenvalue weighted by Gasteiger charge is -2.16. The van der Waals surface area contributed by atoms with Gasteiger partial charge in [0, 0.05) is 17.2 Å². The summed E-state index contributed by atoms with van der Waals surface area (Å²) in [5.74, 6) is 0.140. The molecule has 0 radical (unpaired) electrons. The molecular formula is C26H31N5O. The standard InChI is InChI=1S/C16H16N4.C10H15NO/c17-15(18)13-7-3-11(4-8-13)1-2-12-5-9-14(10-6-12)16(19)20;1-2-9(11)10(12)8-6-4-3-5-7-8/h1-10H,(H3,17,18)(H3,19,20);3-7,9-10,12H,2,11H2,1H3. The zero-order chi connectivity index (χ0) is 23.5. The predicted molar refractivity (Wildman–Crippen MR) is 134 cm³/mol. The molecule has 0 saturated carbocycles. The molecule has 32 heavy (non-hydrogen) atoms. The van der Waals surface area contributed by atoms with Crippen molar-refractivity contribution in [3.05, 3.63) is 107 Å². The van der Waals surface area contributed by atoms with E-state index in [2.05, 4.69) is 0 Å². The fourth-order valence-electron chi connectivity index (χ4n) is 2.86. The molecule has 0 heterocycles. The van der Waals surface area contributed by atoms with Gasteiger partial charge in [0.1, 0.15) is 11.7 Å². The molecule has 9 N–H and O–H groups in total. The van der Waals surface area contributed by atoms with Gasteiger partial charge < -0.3 is 22.3 Å². The second-order valence-electron chi connectivity index (χ2n) is 7.33. The first kappa shape index (κ1) is 24.5. The minimum Gasteiger partial charge on any atom is -0.387 e. The van der Waals surface area contributed by atoms with Crippen LogP contribution in [-0.4, -0.2) is 22.8 Å². The number of nitrogen functional groups attached to an aromatic ring is 2. The highest BCUT2D eigenvalue weighted by molar-refractivity contribution is 5.95. The van der Waals surface area contributed by atoms with Gasteiger partial charge in [0.2, 0.25) is 0 Å². The van der Waals surface area contributed by atoms with Crippen molar-refractivity contribution in [3.8, 4) is 0 Å². The Balaban J connectivity index is 0.000000258. The summed E-state index contributed by atoms with van der Waals surface area (Å²) in [6.07, 6.45) is 4.21. The van der Waals surface area contributed by atoms with Crippen molar-refractivity contribution in [1.29, 1.82) is 10.8 Å². The zero-order valence-corrected chi connectivity index (χ0v) is 18.2. The molecule has 166 valence electrons. The van der Waals surface area contributed by atoms with Crippen LogP contribution >= 0.6 is 0 Å². The van der Waals surface area contributed by atoms with E-state index >= 15 is 0 Å². The average Bonchev–Trinajstić information content (AvgIpc) is 2.83. The highest BCUT2D eigenvalue weighted by atomic mass is 16.3. The molecule has 0 spiro atoms. The second kappa shape index (κ2) is 12.2. The number of hydrogen-bond donors (Lipinski definition) is 6. The quantitative estimate of drug-likeness (QED) is 0.192. The van der Waals surface area contributed by atoms with Crippen LogP contribution in [0.1, 0.15) is 47.3 Å². The average molecular weight is 430 g/mol. The van der Waals surface area contributed by atoms with Gasteiger partial charge in [-0.15, -0.1) is 0 Å². The lowest BCUT2D eigenvalue weighted by Crippen LogP contribution is -2.27. The number of amidine groups is 2. The van der Waals surface area contributed by atoms with Crippen LogP contribution in [0.3, 0.4) is 0 Å². The summed E-state index contributed by atoms with van der Waals surface area (Å²) in [7, 11) is 0. The normalized spacial score (nSPS) is 12.5. The molecule has 0 saturated heterocycles. The lowest BCUT2D eigenvalue weighted by atomic mass is 10.0. The number of nitrogens with two attached hydrogens (primary N) is 3. The lowest BCUT2D eigenvalue weighted by molar-refractivity contribution is 0.144. The molecule has 2 atom stereocenters. The number of nitrogens with one attached hydrogen (secondary N) is 2.